The van der Waals surface area contributed by atoms with Gasteiger partial charge >= 0.3 is 0 Å². The molecule has 1 atom stereocenters. The monoisotopic (exact) mass is 233 g/mol. The summed E-state index contributed by atoms with van der Waals surface area (Å²) in [6, 6.07) is 7.92. The predicted molar refractivity (Wildman–Crippen MR) is 51.8 cm³/mol. The number of nitrogens with one attached hydrogen (secondary N) is 1. The van der Waals surface area contributed by atoms with E-state index in [-0.39, 0.29) is 5.50 Å². The third kappa shape index (κ3) is 2.47. The standard InChI is InChI=1S/C8H9BrClN/c1-11-8(10)6-3-2-4-7(9)5-6/h2-5,8,11H,1H3. The van der Waals surface area contributed by atoms with Gasteiger partial charge < -0.3 is 5.32 Å². The molecule has 0 aromatic heterocycles. The predicted octanol–water partition coefficient (Wildman–Crippen LogP) is 2.91. The Kier molecular flexibility index (Phi) is 3.37. The Morgan fingerprint density at radius 2 is 2.27 bits per heavy atom. The van der Waals surface area contributed by atoms with Crippen molar-refractivity contribution in [3.63, 3.8) is 0 Å². The molecule has 1 aromatic rings. The van der Waals surface area contributed by atoms with Crippen molar-refractivity contribution in [2.75, 3.05) is 7.05 Å². The first-order valence-electron chi connectivity index (χ1n) is 3.31. The lowest BCUT2D eigenvalue weighted by Crippen LogP contribution is -2.09. The van der Waals surface area contributed by atoms with Crippen molar-refractivity contribution in [2.45, 2.75) is 5.50 Å². The van der Waals surface area contributed by atoms with Crippen molar-refractivity contribution in [1.82, 2.24) is 5.32 Å². The van der Waals surface area contributed by atoms with E-state index in [1.54, 1.807) is 0 Å². The Hall–Kier alpha value is -0.0500. The topological polar surface area (TPSA) is 12.0 Å². The van der Waals surface area contributed by atoms with Crippen molar-refractivity contribution >= 4 is 27.5 Å². The molecule has 1 N–H and O–H groups in total. The minimum Gasteiger partial charge on any atom is -0.301 e. The highest BCUT2D eigenvalue weighted by atomic mass is 79.9. The number of hydrogen-bond acceptors (Lipinski definition) is 1. The minimum absolute atomic E-state index is 0.104. The zero-order chi connectivity index (χ0) is 8.27. The molecule has 1 nitrogen and oxygen atoms in total. The molecule has 0 aliphatic heterocycles. The van der Waals surface area contributed by atoms with Crippen molar-refractivity contribution < 1.29 is 0 Å². The SMILES string of the molecule is CNC(Cl)c1cccc(Br)c1. The van der Waals surface area contributed by atoms with Crippen LogP contribution in [0.1, 0.15) is 11.1 Å². The second kappa shape index (κ2) is 4.10. The van der Waals surface area contributed by atoms with E-state index in [0.29, 0.717) is 0 Å². The van der Waals surface area contributed by atoms with Crippen molar-refractivity contribution in [3.8, 4) is 0 Å². The van der Waals surface area contributed by atoms with E-state index in [4.69, 9.17) is 11.6 Å². The number of benzene rings is 1. The molecule has 1 unspecified atom stereocenters. The highest BCUT2D eigenvalue weighted by Gasteiger charge is 2.02. The molecule has 0 bridgehead atoms. The summed E-state index contributed by atoms with van der Waals surface area (Å²) in [5.74, 6) is 0. The van der Waals surface area contributed by atoms with E-state index in [2.05, 4.69) is 21.2 Å². The molecule has 0 saturated heterocycles. The molecule has 0 aliphatic carbocycles. The highest BCUT2D eigenvalue weighted by Crippen LogP contribution is 2.20. The Labute approximate surface area is 79.9 Å². The van der Waals surface area contributed by atoms with E-state index in [1.165, 1.54) is 0 Å². The lowest BCUT2D eigenvalue weighted by atomic mass is 10.2. The maximum absolute atomic E-state index is 5.93. The van der Waals surface area contributed by atoms with Crippen LogP contribution in [0.2, 0.25) is 0 Å². The van der Waals surface area contributed by atoms with E-state index >= 15 is 0 Å². The van der Waals surface area contributed by atoms with Gasteiger partial charge in [-0.3, -0.25) is 0 Å². The summed E-state index contributed by atoms with van der Waals surface area (Å²) < 4.78 is 1.05. The summed E-state index contributed by atoms with van der Waals surface area (Å²) in [7, 11) is 1.83. The number of rotatable bonds is 2. The average Bonchev–Trinajstić information content (AvgIpc) is 2.03. The van der Waals surface area contributed by atoms with Crippen LogP contribution in [0.25, 0.3) is 0 Å². The van der Waals surface area contributed by atoms with Crippen LogP contribution in [0.3, 0.4) is 0 Å². The summed E-state index contributed by atoms with van der Waals surface area (Å²) in [4.78, 5) is 0. The molecule has 0 aliphatic rings. The first-order valence-corrected chi connectivity index (χ1v) is 4.54. The molecule has 1 aromatic carbocycles. The Balaban J connectivity index is 2.86. The van der Waals surface area contributed by atoms with Crippen LogP contribution in [-0.2, 0) is 0 Å². The largest absolute Gasteiger partial charge is 0.301 e. The van der Waals surface area contributed by atoms with Crippen LogP contribution >= 0.6 is 27.5 Å². The molecule has 0 saturated carbocycles. The van der Waals surface area contributed by atoms with Gasteiger partial charge in [-0.05, 0) is 24.7 Å². The van der Waals surface area contributed by atoms with Crippen LogP contribution in [0.15, 0.2) is 28.7 Å². The highest BCUT2D eigenvalue weighted by molar-refractivity contribution is 9.10. The first kappa shape index (κ1) is 9.04. The fourth-order valence-corrected chi connectivity index (χ4v) is 1.38. The van der Waals surface area contributed by atoms with Crippen molar-refractivity contribution in [3.05, 3.63) is 34.3 Å². The van der Waals surface area contributed by atoms with Crippen LogP contribution in [0, 0.1) is 0 Å². The summed E-state index contributed by atoms with van der Waals surface area (Å²) in [5, 5.41) is 2.95. The Morgan fingerprint density at radius 1 is 1.55 bits per heavy atom. The molecular weight excluding hydrogens is 225 g/mol. The van der Waals surface area contributed by atoms with Crippen molar-refractivity contribution in [2.24, 2.45) is 0 Å². The normalized spacial score (nSPS) is 13.0. The molecule has 11 heavy (non-hydrogen) atoms. The molecular formula is C8H9BrClN. The summed E-state index contributed by atoms with van der Waals surface area (Å²) in [6.07, 6.45) is 0. The molecule has 1 rings (SSSR count). The second-order valence-electron chi connectivity index (χ2n) is 2.21. The molecule has 0 radical (unpaired) electrons. The number of hydrogen-bond donors (Lipinski definition) is 1. The van der Waals surface area contributed by atoms with E-state index in [9.17, 15) is 0 Å². The van der Waals surface area contributed by atoms with Gasteiger partial charge in [0, 0.05) is 4.47 Å². The van der Waals surface area contributed by atoms with Gasteiger partial charge in [0.15, 0.2) is 0 Å². The zero-order valence-corrected chi connectivity index (χ0v) is 8.48. The van der Waals surface area contributed by atoms with Gasteiger partial charge in [-0.1, -0.05) is 28.1 Å². The summed E-state index contributed by atoms with van der Waals surface area (Å²) >= 11 is 9.30. The Bertz CT molecular complexity index is 239. The number of alkyl halides is 1. The smallest absolute Gasteiger partial charge is 0.108 e. The van der Waals surface area contributed by atoms with Crippen LogP contribution in [0.5, 0.6) is 0 Å². The van der Waals surface area contributed by atoms with Gasteiger partial charge in [0.2, 0.25) is 0 Å². The fourth-order valence-electron chi connectivity index (χ4n) is 0.831. The third-order valence-corrected chi connectivity index (χ3v) is 2.36. The molecule has 60 valence electrons. The number of halogens is 2. The van der Waals surface area contributed by atoms with Crippen LogP contribution < -0.4 is 5.32 Å². The van der Waals surface area contributed by atoms with E-state index in [0.717, 1.165) is 10.0 Å². The van der Waals surface area contributed by atoms with Crippen LogP contribution in [-0.4, -0.2) is 7.05 Å². The maximum atomic E-state index is 5.93. The minimum atomic E-state index is -0.104. The van der Waals surface area contributed by atoms with Crippen molar-refractivity contribution in [1.29, 1.82) is 0 Å². The van der Waals surface area contributed by atoms with E-state index in [1.807, 2.05) is 31.3 Å². The Morgan fingerprint density at radius 3 is 2.82 bits per heavy atom. The average molecular weight is 235 g/mol. The zero-order valence-electron chi connectivity index (χ0n) is 6.14. The van der Waals surface area contributed by atoms with Gasteiger partial charge in [-0.15, -0.1) is 11.6 Å². The molecule has 0 fully saturated rings. The quantitative estimate of drug-likeness (QED) is 0.613. The van der Waals surface area contributed by atoms with Gasteiger partial charge in [-0.25, -0.2) is 0 Å². The summed E-state index contributed by atoms with van der Waals surface area (Å²) in [6.45, 7) is 0. The first-order chi connectivity index (χ1) is 5.24. The van der Waals surface area contributed by atoms with Gasteiger partial charge in [-0.2, -0.15) is 0 Å². The lowest BCUT2D eigenvalue weighted by molar-refractivity contribution is 0.783. The van der Waals surface area contributed by atoms with Crippen LogP contribution in [0.4, 0.5) is 0 Å². The molecule has 3 heteroatoms. The third-order valence-electron chi connectivity index (χ3n) is 1.39. The lowest BCUT2D eigenvalue weighted by Gasteiger charge is -2.07. The molecule has 0 amide bonds. The molecule has 0 heterocycles. The van der Waals surface area contributed by atoms with Gasteiger partial charge in [0.1, 0.15) is 5.50 Å². The maximum Gasteiger partial charge on any atom is 0.108 e. The molecule has 0 spiro atoms. The van der Waals surface area contributed by atoms with Gasteiger partial charge in [0.05, 0.1) is 0 Å². The van der Waals surface area contributed by atoms with Gasteiger partial charge in [0.25, 0.3) is 0 Å². The van der Waals surface area contributed by atoms with E-state index < -0.39 is 0 Å². The summed E-state index contributed by atoms with van der Waals surface area (Å²) in [5.41, 5.74) is 0.969. The fraction of sp³-hybridized carbons (Fsp3) is 0.250. The second-order valence-corrected chi connectivity index (χ2v) is 3.56.